The quantitative estimate of drug-likeness (QED) is 0.773. The van der Waals surface area contributed by atoms with Crippen molar-refractivity contribution in [2.45, 2.75) is 0 Å². The van der Waals surface area contributed by atoms with Crippen molar-refractivity contribution in [3.63, 3.8) is 0 Å². The lowest BCUT2D eigenvalue weighted by molar-refractivity contribution is 1.31. The minimum atomic E-state index is 1.05. The second-order valence-corrected chi connectivity index (χ2v) is 4.42. The minimum Gasteiger partial charge on any atom is -0.255 e. The summed E-state index contributed by atoms with van der Waals surface area (Å²) >= 11 is 7.01. The zero-order valence-electron chi connectivity index (χ0n) is 7.17. The molecular weight excluding hydrogens is 306 g/mol. The van der Waals surface area contributed by atoms with Gasteiger partial charge in [-0.05, 0) is 61.2 Å². The van der Waals surface area contributed by atoms with E-state index in [9.17, 15) is 0 Å². The van der Waals surface area contributed by atoms with Crippen LogP contribution >= 0.6 is 31.9 Å². The molecule has 3 heteroatoms. The van der Waals surface area contributed by atoms with E-state index in [1.807, 2.05) is 24.3 Å². The summed E-state index contributed by atoms with van der Waals surface area (Å²) in [6.07, 6.45) is 4.56. The number of halogens is 2. The van der Waals surface area contributed by atoms with Crippen LogP contribution in [0.1, 0.15) is 0 Å². The van der Waals surface area contributed by atoms with Gasteiger partial charge in [0.15, 0.2) is 0 Å². The van der Waals surface area contributed by atoms with Crippen LogP contribution < -0.4 is 0 Å². The number of benzene rings is 1. The second kappa shape index (κ2) is 4.24. The van der Waals surface area contributed by atoms with Crippen molar-refractivity contribution in [3.05, 3.63) is 51.7 Å². The molecule has 0 atom stereocenters. The number of hydrogen-bond donors (Lipinski definition) is 0. The fourth-order valence-electron chi connectivity index (χ4n) is 1.21. The summed E-state index contributed by atoms with van der Waals surface area (Å²) in [6, 6.07) is 9.89. The second-order valence-electron chi connectivity index (χ2n) is 2.77. The van der Waals surface area contributed by atoms with Crippen LogP contribution in [0.3, 0.4) is 0 Å². The molecule has 0 fully saturated rings. The molecule has 1 heterocycles. The van der Waals surface area contributed by atoms with Crippen molar-refractivity contribution in [2.75, 3.05) is 0 Å². The Bertz CT molecular complexity index is 440. The predicted octanol–water partition coefficient (Wildman–Crippen LogP) is 4.07. The van der Waals surface area contributed by atoms with Gasteiger partial charge in [-0.2, -0.15) is 0 Å². The van der Waals surface area contributed by atoms with Crippen molar-refractivity contribution < 1.29 is 0 Å². The van der Waals surface area contributed by atoms with Crippen LogP contribution in [0.15, 0.2) is 45.5 Å². The molecule has 2 rings (SSSR count). The Hall–Kier alpha value is -0.670. The highest BCUT2D eigenvalue weighted by Gasteiger charge is 2.04. The van der Waals surface area contributed by atoms with Gasteiger partial charge in [-0.1, -0.05) is 12.1 Å². The lowest BCUT2D eigenvalue weighted by atomic mass is 10.1. The highest BCUT2D eigenvalue weighted by molar-refractivity contribution is 9.13. The molecule has 0 aliphatic heterocycles. The molecule has 14 heavy (non-hydrogen) atoms. The first kappa shape index (κ1) is 9.87. The van der Waals surface area contributed by atoms with Crippen LogP contribution in [0.5, 0.6) is 0 Å². The fourth-order valence-corrected chi connectivity index (χ4v) is 2.07. The van der Waals surface area contributed by atoms with Crippen LogP contribution in [0.4, 0.5) is 0 Å². The van der Waals surface area contributed by atoms with Gasteiger partial charge in [0.1, 0.15) is 0 Å². The first-order valence-electron chi connectivity index (χ1n) is 4.05. The summed E-state index contributed by atoms with van der Waals surface area (Å²) in [5.74, 6) is 0. The average molecular weight is 312 g/mol. The van der Waals surface area contributed by atoms with Gasteiger partial charge in [0.2, 0.25) is 0 Å². The van der Waals surface area contributed by atoms with Crippen molar-refractivity contribution in [1.82, 2.24) is 4.98 Å². The zero-order chi connectivity index (χ0) is 9.97. The minimum absolute atomic E-state index is 1.05. The molecule has 1 aromatic carbocycles. The third kappa shape index (κ3) is 1.88. The van der Waals surface area contributed by atoms with E-state index in [1.165, 1.54) is 0 Å². The molecule has 1 aromatic heterocycles. The number of rotatable bonds is 1. The van der Waals surface area contributed by atoms with Crippen molar-refractivity contribution in [1.29, 1.82) is 0 Å². The van der Waals surface area contributed by atoms with E-state index >= 15 is 0 Å². The molecule has 0 spiro atoms. The lowest BCUT2D eigenvalue weighted by Gasteiger charge is -2.05. The smallest absolute Gasteiger partial charge is 0.0892 e. The van der Waals surface area contributed by atoms with Gasteiger partial charge in [0, 0.05) is 15.1 Å². The number of hydrogen-bond acceptors (Lipinski definition) is 1. The van der Waals surface area contributed by atoms with Crippen LogP contribution in [-0.4, -0.2) is 4.98 Å². The zero-order valence-corrected chi connectivity index (χ0v) is 10.3. The van der Waals surface area contributed by atoms with E-state index in [2.05, 4.69) is 49.1 Å². The molecular formula is C11H6Br2N. The standard InChI is InChI=1S/C11H6Br2N/c12-10-3-1-2-9(11(10)13)8-4-6-14-7-5-8/h1-6H. The number of aromatic nitrogens is 1. The molecule has 0 aliphatic rings. The molecule has 2 aromatic rings. The first-order valence-corrected chi connectivity index (χ1v) is 5.64. The molecule has 0 bridgehead atoms. The van der Waals surface area contributed by atoms with Gasteiger partial charge < -0.3 is 0 Å². The Labute approximate surface area is 99.4 Å². The Morgan fingerprint density at radius 1 is 1.14 bits per heavy atom. The van der Waals surface area contributed by atoms with Crippen molar-refractivity contribution >= 4 is 31.9 Å². The van der Waals surface area contributed by atoms with Gasteiger partial charge in [-0.3, -0.25) is 4.98 Å². The topological polar surface area (TPSA) is 12.9 Å². The van der Waals surface area contributed by atoms with Gasteiger partial charge in [-0.25, -0.2) is 0 Å². The normalized spacial score (nSPS) is 10.1. The average Bonchev–Trinajstić information content (AvgIpc) is 2.23. The van der Waals surface area contributed by atoms with Crippen molar-refractivity contribution in [2.24, 2.45) is 0 Å². The predicted molar refractivity (Wildman–Crippen MR) is 63.9 cm³/mol. The first-order chi connectivity index (χ1) is 6.79. The van der Waals surface area contributed by atoms with E-state index in [-0.39, 0.29) is 0 Å². The molecule has 0 saturated carbocycles. The third-order valence-electron chi connectivity index (χ3n) is 1.89. The van der Waals surface area contributed by atoms with Crippen LogP contribution in [0.25, 0.3) is 11.1 Å². The maximum absolute atomic E-state index is 3.87. The molecule has 0 aliphatic carbocycles. The van der Waals surface area contributed by atoms with Gasteiger partial charge in [-0.15, -0.1) is 0 Å². The summed E-state index contributed by atoms with van der Waals surface area (Å²) in [6.45, 7) is 0. The monoisotopic (exact) mass is 310 g/mol. The summed E-state index contributed by atoms with van der Waals surface area (Å²) < 4.78 is 2.10. The maximum Gasteiger partial charge on any atom is 0.0892 e. The largest absolute Gasteiger partial charge is 0.255 e. The summed E-state index contributed by atoms with van der Waals surface area (Å²) in [4.78, 5) is 3.87. The SMILES string of the molecule is Brc1cccc(-c2c[c]ncc2)c1Br. The lowest BCUT2D eigenvalue weighted by Crippen LogP contribution is -1.81. The highest BCUT2D eigenvalue weighted by Crippen LogP contribution is 2.33. The third-order valence-corrected chi connectivity index (χ3v) is 3.93. The van der Waals surface area contributed by atoms with E-state index in [0.29, 0.717) is 0 Å². The molecule has 69 valence electrons. The van der Waals surface area contributed by atoms with Gasteiger partial charge >= 0.3 is 0 Å². The molecule has 0 N–H and O–H groups in total. The van der Waals surface area contributed by atoms with E-state index in [0.717, 1.165) is 20.1 Å². The van der Waals surface area contributed by atoms with E-state index < -0.39 is 0 Å². The van der Waals surface area contributed by atoms with Gasteiger partial charge in [0.25, 0.3) is 0 Å². The molecule has 0 unspecified atom stereocenters. The van der Waals surface area contributed by atoms with Crippen LogP contribution in [0.2, 0.25) is 0 Å². The highest BCUT2D eigenvalue weighted by atomic mass is 79.9. The Balaban J connectivity index is 2.58. The molecule has 1 nitrogen and oxygen atoms in total. The Morgan fingerprint density at radius 2 is 2.00 bits per heavy atom. The van der Waals surface area contributed by atoms with Crippen LogP contribution in [-0.2, 0) is 0 Å². The van der Waals surface area contributed by atoms with Crippen LogP contribution in [0, 0.1) is 6.20 Å². The maximum atomic E-state index is 3.87. The van der Waals surface area contributed by atoms with Gasteiger partial charge in [0.05, 0.1) is 6.20 Å². The van der Waals surface area contributed by atoms with E-state index in [1.54, 1.807) is 6.20 Å². The number of nitrogens with zero attached hydrogens (tertiary/aromatic N) is 1. The fraction of sp³-hybridized carbons (Fsp3) is 0. The number of pyridine rings is 1. The Kier molecular flexibility index (Phi) is 2.99. The molecule has 0 amide bonds. The summed E-state index contributed by atoms with van der Waals surface area (Å²) in [7, 11) is 0. The molecule has 1 radical (unpaired) electrons. The summed E-state index contributed by atoms with van der Waals surface area (Å²) in [5, 5.41) is 0. The van der Waals surface area contributed by atoms with E-state index in [4.69, 9.17) is 0 Å². The summed E-state index contributed by atoms with van der Waals surface area (Å²) in [5.41, 5.74) is 2.24. The van der Waals surface area contributed by atoms with Crippen molar-refractivity contribution in [3.8, 4) is 11.1 Å². The molecule has 0 saturated heterocycles. The Morgan fingerprint density at radius 3 is 2.71 bits per heavy atom.